The molecule has 0 saturated carbocycles. The molecule has 1 heterocycles. The van der Waals surface area contributed by atoms with Gasteiger partial charge in [-0.25, -0.2) is 28.4 Å². The number of hydrazine groups is 1. The van der Waals surface area contributed by atoms with E-state index in [0.29, 0.717) is 12.1 Å². The molecule has 0 aliphatic rings. The molecule has 8 heteroatoms. The summed E-state index contributed by atoms with van der Waals surface area (Å²) in [6.07, 6.45) is 0. The summed E-state index contributed by atoms with van der Waals surface area (Å²) in [5.74, 6) is 0.462. The molecular formula is C11H8F4N4. The monoisotopic (exact) mass is 272 g/mol. The van der Waals surface area contributed by atoms with Crippen molar-refractivity contribution in [3.63, 3.8) is 0 Å². The van der Waals surface area contributed by atoms with Crippen molar-refractivity contribution in [1.82, 2.24) is 4.98 Å². The number of hydrogen-bond acceptors (Lipinski definition) is 4. The number of nitrogens with one attached hydrogen (secondary N) is 2. The normalized spacial score (nSPS) is 10.4. The maximum atomic E-state index is 13.4. The van der Waals surface area contributed by atoms with Gasteiger partial charge in [0.1, 0.15) is 11.6 Å². The van der Waals surface area contributed by atoms with Crippen LogP contribution in [0.2, 0.25) is 0 Å². The average molecular weight is 272 g/mol. The summed E-state index contributed by atoms with van der Waals surface area (Å²) in [6, 6.07) is 3.07. The minimum absolute atomic E-state index is 0.0709. The van der Waals surface area contributed by atoms with E-state index in [-0.39, 0.29) is 5.69 Å². The molecule has 0 fully saturated rings. The van der Waals surface area contributed by atoms with E-state index in [2.05, 4.69) is 10.3 Å². The number of benzene rings is 1. The summed E-state index contributed by atoms with van der Waals surface area (Å²) < 4.78 is 52.4. The first-order valence-corrected chi connectivity index (χ1v) is 5.05. The van der Waals surface area contributed by atoms with E-state index in [9.17, 15) is 17.6 Å². The first-order valence-electron chi connectivity index (χ1n) is 5.05. The number of nitrogens with two attached hydrogens (primary N) is 1. The van der Waals surface area contributed by atoms with Gasteiger partial charge in [-0.3, -0.25) is 0 Å². The van der Waals surface area contributed by atoms with Crippen molar-refractivity contribution in [2.24, 2.45) is 5.84 Å². The van der Waals surface area contributed by atoms with E-state index in [1.54, 1.807) is 0 Å². The highest BCUT2D eigenvalue weighted by Gasteiger charge is 2.12. The second kappa shape index (κ2) is 5.11. The van der Waals surface area contributed by atoms with Crippen LogP contribution >= 0.6 is 0 Å². The van der Waals surface area contributed by atoms with Gasteiger partial charge in [0.2, 0.25) is 0 Å². The number of halogens is 4. The molecule has 4 N–H and O–H groups in total. The molecule has 0 amide bonds. The van der Waals surface area contributed by atoms with Gasteiger partial charge in [-0.15, -0.1) is 0 Å². The minimum Gasteiger partial charge on any atom is -0.338 e. The standard InChI is InChI=1S/C11H8F4N4/c12-5-1-6(13)3-7(2-5)17-10-8(14)4-9(15)11(18-10)19-16/h1-4H,16H2,(H2,17,18,19). The molecule has 0 spiro atoms. The van der Waals surface area contributed by atoms with E-state index in [1.807, 2.05) is 5.43 Å². The number of aromatic nitrogens is 1. The lowest BCUT2D eigenvalue weighted by Gasteiger charge is -2.09. The fourth-order valence-electron chi connectivity index (χ4n) is 1.42. The highest BCUT2D eigenvalue weighted by atomic mass is 19.1. The first kappa shape index (κ1) is 13.1. The fraction of sp³-hybridized carbons (Fsp3) is 0. The number of anilines is 3. The van der Waals surface area contributed by atoms with Gasteiger partial charge in [0.25, 0.3) is 0 Å². The van der Waals surface area contributed by atoms with E-state index in [4.69, 9.17) is 5.84 Å². The highest BCUT2D eigenvalue weighted by molar-refractivity contribution is 5.59. The molecule has 2 aromatic rings. The Morgan fingerprint density at radius 1 is 0.842 bits per heavy atom. The highest BCUT2D eigenvalue weighted by Crippen LogP contribution is 2.23. The zero-order valence-corrected chi connectivity index (χ0v) is 9.35. The van der Waals surface area contributed by atoms with Gasteiger partial charge < -0.3 is 10.7 Å². The molecule has 0 aliphatic heterocycles. The predicted octanol–water partition coefficient (Wildman–Crippen LogP) is 2.67. The van der Waals surface area contributed by atoms with Crippen molar-refractivity contribution in [2.45, 2.75) is 0 Å². The van der Waals surface area contributed by atoms with E-state index >= 15 is 0 Å². The van der Waals surface area contributed by atoms with Crippen molar-refractivity contribution < 1.29 is 17.6 Å². The van der Waals surface area contributed by atoms with Gasteiger partial charge in [0.15, 0.2) is 23.3 Å². The number of nitrogen functional groups attached to an aromatic ring is 1. The third kappa shape index (κ3) is 2.91. The Kier molecular flexibility index (Phi) is 3.52. The van der Waals surface area contributed by atoms with Gasteiger partial charge in [-0.2, -0.15) is 0 Å². The summed E-state index contributed by atoms with van der Waals surface area (Å²) in [4.78, 5) is 3.50. The van der Waals surface area contributed by atoms with Crippen LogP contribution in [0, 0.1) is 23.3 Å². The average Bonchev–Trinajstić information content (AvgIpc) is 2.31. The van der Waals surface area contributed by atoms with Crippen LogP contribution in [-0.4, -0.2) is 4.98 Å². The van der Waals surface area contributed by atoms with E-state index in [1.165, 1.54) is 0 Å². The number of hydrogen-bond donors (Lipinski definition) is 3. The molecule has 0 atom stereocenters. The second-order valence-electron chi connectivity index (χ2n) is 3.58. The zero-order chi connectivity index (χ0) is 14.0. The molecule has 100 valence electrons. The maximum absolute atomic E-state index is 13.4. The smallest absolute Gasteiger partial charge is 0.178 e. The van der Waals surface area contributed by atoms with Crippen LogP contribution in [0.1, 0.15) is 0 Å². The molecule has 0 saturated heterocycles. The van der Waals surface area contributed by atoms with Crippen molar-refractivity contribution in [3.8, 4) is 0 Å². The van der Waals surface area contributed by atoms with Gasteiger partial charge in [0, 0.05) is 17.8 Å². The Hall–Kier alpha value is -2.35. The Morgan fingerprint density at radius 3 is 2.00 bits per heavy atom. The molecule has 0 unspecified atom stereocenters. The Labute approximate surface area is 105 Å². The van der Waals surface area contributed by atoms with Crippen LogP contribution in [0.4, 0.5) is 34.9 Å². The fourth-order valence-corrected chi connectivity index (χ4v) is 1.42. The minimum atomic E-state index is -1.03. The zero-order valence-electron chi connectivity index (χ0n) is 9.35. The topological polar surface area (TPSA) is 63.0 Å². The quantitative estimate of drug-likeness (QED) is 0.456. The van der Waals surface area contributed by atoms with Crippen molar-refractivity contribution in [2.75, 3.05) is 10.7 Å². The van der Waals surface area contributed by atoms with Crippen LogP contribution in [0.15, 0.2) is 24.3 Å². The summed E-state index contributed by atoms with van der Waals surface area (Å²) in [7, 11) is 0. The molecule has 19 heavy (non-hydrogen) atoms. The molecular weight excluding hydrogens is 264 g/mol. The predicted molar refractivity (Wildman–Crippen MR) is 61.6 cm³/mol. The SMILES string of the molecule is NNc1nc(Nc2cc(F)cc(F)c2)c(F)cc1F. The number of rotatable bonds is 3. The van der Waals surface area contributed by atoms with Crippen LogP contribution in [0.25, 0.3) is 0 Å². The van der Waals surface area contributed by atoms with Crippen LogP contribution in [0.3, 0.4) is 0 Å². The Balaban J connectivity index is 2.37. The maximum Gasteiger partial charge on any atom is 0.178 e. The molecule has 0 aliphatic carbocycles. The van der Waals surface area contributed by atoms with Crippen LogP contribution in [0.5, 0.6) is 0 Å². The molecule has 1 aromatic carbocycles. The summed E-state index contributed by atoms with van der Waals surface area (Å²) in [6.45, 7) is 0. The first-order chi connectivity index (χ1) is 8.99. The van der Waals surface area contributed by atoms with Gasteiger partial charge in [-0.05, 0) is 12.1 Å². The van der Waals surface area contributed by atoms with Gasteiger partial charge in [-0.1, -0.05) is 0 Å². The molecule has 0 bridgehead atoms. The van der Waals surface area contributed by atoms with Crippen molar-refractivity contribution in [3.05, 3.63) is 47.5 Å². The van der Waals surface area contributed by atoms with Crippen molar-refractivity contribution in [1.29, 1.82) is 0 Å². The van der Waals surface area contributed by atoms with Gasteiger partial charge in [0.05, 0.1) is 0 Å². The molecule has 0 radical (unpaired) electrons. The largest absolute Gasteiger partial charge is 0.338 e. The van der Waals surface area contributed by atoms with Gasteiger partial charge >= 0.3 is 0 Å². The lowest BCUT2D eigenvalue weighted by atomic mass is 10.3. The number of pyridine rings is 1. The molecule has 4 nitrogen and oxygen atoms in total. The van der Waals surface area contributed by atoms with E-state index in [0.717, 1.165) is 12.1 Å². The number of nitrogens with zero attached hydrogens (tertiary/aromatic N) is 1. The lowest BCUT2D eigenvalue weighted by Crippen LogP contribution is -2.12. The second-order valence-corrected chi connectivity index (χ2v) is 3.58. The van der Waals surface area contributed by atoms with Crippen molar-refractivity contribution >= 4 is 17.3 Å². The third-order valence-corrected chi connectivity index (χ3v) is 2.19. The summed E-state index contributed by atoms with van der Waals surface area (Å²) in [5.41, 5.74) is 1.86. The molecule has 2 rings (SSSR count). The Morgan fingerprint density at radius 2 is 1.42 bits per heavy atom. The van der Waals surface area contributed by atoms with Crippen LogP contribution < -0.4 is 16.6 Å². The lowest BCUT2D eigenvalue weighted by molar-refractivity contribution is 0.577. The molecule has 1 aromatic heterocycles. The van der Waals surface area contributed by atoms with Crippen LogP contribution in [-0.2, 0) is 0 Å². The summed E-state index contributed by atoms with van der Waals surface area (Å²) >= 11 is 0. The summed E-state index contributed by atoms with van der Waals surface area (Å²) in [5, 5.41) is 2.33. The Bertz CT molecular complexity index is 598. The third-order valence-electron chi connectivity index (χ3n) is 2.19. The van der Waals surface area contributed by atoms with E-state index < -0.39 is 34.9 Å².